The van der Waals surface area contributed by atoms with Gasteiger partial charge in [0, 0.05) is 12.2 Å². The molecule has 0 bridgehead atoms. The van der Waals surface area contributed by atoms with E-state index < -0.39 is 0 Å². The summed E-state index contributed by atoms with van der Waals surface area (Å²) in [6, 6.07) is 2.12. The van der Waals surface area contributed by atoms with Crippen LogP contribution in [0.15, 0.2) is 18.7 Å². The van der Waals surface area contributed by atoms with E-state index in [1.165, 1.54) is 12.1 Å². The Balaban J connectivity index is 2.07. The lowest BCUT2D eigenvalue weighted by molar-refractivity contribution is 0.529. The lowest BCUT2D eigenvalue weighted by Crippen LogP contribution is -2.18. The minimum Gasteiger partial charge on any atom is -0.317 e. The summed E-state index contributed by atoms with van der Waals surface area (Å²) in [4.78, 5) is 0. The second-order valence-electron chi connectivity index (χ2n) is 4.18. The fourth-order valence-electron chi connectivity index (χ4n) is 1.75. The van der Waals surface area contributed by atoms with Crippen LogP contribution in [0.2, 0.25) is 0 Å². The van der Waals surface area contributed by atoms with Crippen LogP contribution in [-0.2, 0) is 6.54 Å². The molecular weight excluding hydrogens is 198 g/mol. The highest BCUT2D eigenvalue weighted by Gasteiger charge is 1.99. The highest BCUT2D eigenvalue weighted by atomic mass is 15.3. The summed E-state index contributed by atoms with van der Waals surface area (Å²) in [6.45, 7) is 11.0. The first-order chi connectivity index (χ1) is 7.74. The number of aryl methyl sites for hydroxylation is 3. The Hall–Kier alpha value is -1.09. The summed E-state index contributed by atoms with van der Waals surface area (Å²) in [5, 5.41) is 7.86. The molecule has 0 unspecified atom stereocenters. The van der Waals surface area contributed by atoms with Crippen molar-refractivity contribution < 1.29 is 0 Å². The van der Waals surface area contributed by atoms with Crippen molar-refractivity contribution in [2.75, 3.05) is 13.1 Å². The number of aromatic nitrogens is 2. The van der Waals surface area contributed by atoms with Gasteiger partial charge in [-0.15, -0.1) is 6.58 Å². The second kappa shape index (κ2) is 7.23. The predicted molar refractivity (Wildman–Crippen MR) is 68.6 cm³/mol. The van der Waals surface area contributed by atoms with Gasteiger partial charge in [0.05, 0.1) is 5.69 Å². The van der Waals surface area contributed by atoms with Crippen LogP contribution in [0.1, 0.15) is 30.7 Å². The molecule has 0 saturated carbocycles. The normalized spacial score (nSPS) is 10.6. The van der Waals surface area contributed by atoms with Crippen LogP contribution in [-0.4, -0.2) is 22.9 Å². The maximum Gasteiger partial charge on any atom is 0.0596 e. The Morgan fingerprint density at radius 1 is 1.38 bits per heavy atom. The van der Waals surface area contributed by atoms with Crippen LogP contribution < -0.4 is 5.32 Å². The zero-order valence-corrected chi connectivity index (χ0v) is 10.5. The van der Waals surface area contributed by atoms with Crippen LogP contribution in [0.3, 0.4) is 0 Å². The quantitative estimate of drug-likeness (QED) is 0.540. The number of allylic oxidation sites excluding steroid dienone is 1. The molecule has 90 valence electrons. The van der Waals surface area contributed by atoms with Gasteiger partial charge in [-0.25, -0.2) is 0 Å². The zero-order chi connectivity index (χ0) is 11.8. The number of rotatable bonds is 8. The first-order valence-corrected chi connectivity index (χ1v) is 6.06. The molecule has 1 N–H and O–H groups in total. The molecule has 0 aliphatic heterocycles. The van der Waals surface area contributed by atoms with Gasteiger partial charge in [-0.2, -0.15) is 5.10 Å². The maximum atomic E-state index is 4.43. The van der Waals surface area contributed by atoms with E-state index in [0.717, 1.165) is 38.2 Å². The molecule has 0 amide bonds. The highest BCUT2D eigenvalue weighted by molar-refractivity contribution is 5.06. The molecule has 0 spiro atoms. The summed E-state index contributed by atoms with van der Waals surface area (Å²) in [7, 11) is 0. The first kappa shape index (κ1) is 13.0. The lowest BCUT2D eigenvalue weighted by Gasteiger charge is -2.05. The monoisotopic (exact) mass is 221 g/mol. The molecule has 1 aromatic rings. The molecule has 0 aliphatic rings. The van der Waals surface area contributed by atoms with Crippen LogP contribution >= 0.6 is 0 Å². The summed E-state index contributed by atoms with van der Waals surface area (Å²) in [5.74, 6) is 0. The van der Waals surface area contributed by atoms with Gasteiger partial charge in [-0.1, -0.05) is 6.08 Å². The van der Waals surface area contributed by atoms with Crippen molar-refractivity contribution in [1.29, 1.82) is 0 Å². The minimum absolute atomic E-state index is 1.01. The third-order valence-corrected chi connectivity index (χ3v) is 2.59. The first-order valence-electron chi connectivity index (χ1n) is 6.06. The molecule has 3 nitrogen and oxygen atoms in total. The zero-order valence-electron chi connectivity index (χ0n) is 10.5. The third kappa shape index (κ3) is 4.62. The predicted octanol–water partition coefficient (Wildman–Crippen LogP) is 2.45. The van der Waals surface area contributed by atoms with Crippen LogP contribution in [0.5, 0.6) is 0 Å². The lowest BCUT2D eigenvalue weighted by atomic mass is 10.3. The molecule has 1 aromatic heterocycles. The smallest absolute Gasteiger partial charge is 0.0596 e. The Morgan fingerprint density at radius 3 is 2.75 bits per heavy atom. The van der Waals surface area contributed by atoms with Gasteiger partial charge in [-0.3, -0.25) is 4.68 Å². The summed E-state index contributed by atoms with van der Waals surface area (Å²) < 4.78 is 2.08. The maximum absolute atomic E-state index is 4.43. The largest absolute Gasteiger partial charge is 0.317 e. The SMILES string of the molecule is C=CCCCNCCCn1nc(C)cc1C. The molecule has 0 atom stereocenters. The Labute approximate surface area is 98.5 Å². The molecule has 0 aliphatic carbocycles. The van der Waals surface area contributed by atoms with Gasteiger partial charge in [0.1, 0.15) is 0 Å². The molecule has 0 fully saturated rings. The summed E-state index contributed by atoms with van der Waals surface area (Å²) in [5.41, 5.74) is 2.36. The van der Waals surface area contributed by atoms with Crippen molar-refractivity contribution >= 4 is 0 Å². The van der Waals surface area contributed by atoms with E-state index in [4.69, 9.17) is 0 Å². The molecule has 1 heterocycles. The Bertz CT molecular complexity index is 315. The van der Waals surface area contributed by atoms with Gasteiger partial charge >= 0.3 is 0 Å². The van der Waals surface area contributed by atoms with E-state index in [0.29, 0.717) is 0 Å². The number of hydrogen-bond donors (Lipinski definition) is 1. The molecule has 0 radical (unpaired) electrons. The standard InChI is InChI=1S/C13H23N3/c1-4-5-6-8-14-9-7-10-16-13(3)11-12(2)15-16/h4,11,14H,1,5-10H2,2-3H3. The van der Waals surface area contributed by atoms with Gasteiger partial charge < -0.3 is 5.32 Å². The second-order valence-corrected chi connectivity index (χ2v) is 4.18. The van der Waals surface area contributed by atoms with Crippen molar-refractivity contribution in [3.8, 4) is 0 Å². The molecule has 3 heteroatoms. The van der Waals surface area contributed by atoms with Gasteiger partial charge in [0.2, 0.25) is 0 Å². The highest BCUT2D eigenvalue weighted by Crippen LogP contribution is 2.02. The fourth-order valence-corrected chi connectivity index (χ4v) is 1.75. The average Bonchev–Trinajstić information content (AvgIpc) is 2.56. The van der Waals surface area contributed by atoms with Crippen molar-refractivity contribution in [1.82, 2.24) is 15.1 Å². The van der Waals surface area contributed by atoms with E-state index >= 15 is 0 Å². The fraction of sp³-hybridized carbons (Fsp3) is 0.615. The number of nitrogens with one attached hydrogen (secondary N) is 1. The van der Waals surface area contributed by atoms with E-state index in [2.05, 4.69) is 34.7 Å². The number of hydrogen-bond acceptors (Lipinski definition) is 2. The number of nitrogens with zero attached hydrogens (tertiary/aromatic N) is 2. The average molecular weight is 221 g/mol. The van der Waals surface area contributed by atoms with Crippen LogP contribution in [0.4, 0.5) is 0 Å². The molecule has 0 saturated heterocycles. The van der Waals surface area contributed by atoms with Crippen molar-refractivity contribution in [3.05, 3.63) is 30.1 Å². The Morgan fingerprint density at radius 2 is 2.12 bits per heavy atom. The van der Waals surface area contributed by atoms with E-state index in [9.17, 15) is 0 Å². The summed E-state index contributed by atoms with van der Waals surface area (Å²) in [6.07, 6.45) is 5.39. The molecule has 1 rings (SSSR count). The van der Waals surface area contributed by atoms with E-state index in [1.54, 1.807) is 0 Å². The van der Waals surface area contributed by atoms with E-state index in [1.807, 2.05) is 13.0 Å². The topological polar surface area (TPSA) is 29.9 Å². The van der Waals surface area contributed by atoms with Crippen molar-refractivity contribution in [3.63, 3.8) is 0 Å². The summed E-state index contributed by atoms with van der Waals surface area (Å²) >= 11 is 0. The van der Waals surface area contributed by atoms with Crippen molar-refractivity contribution in [2.45, 2.75) is 39.7 Å². The molecule has 16 heavy (non-hydrogen) atoms. The number of unbranched alkanes of at least 4 members (excludes halogenated alkanes) is 1. The molecular formula is C13H23N3. The minimum atomic E-state index is 1.01. The Kier molecular flexibility index (Phi) is 5.86. The van der Waals surface area contributed by atoms with Gasteiger partial charge in [-0.05, 0) is 52.3 Å². The molecule has 0 aromatic carbocycles. The van der Waals surface area contributed by atoms with Crippen LogP contribution in [0, 0.1) is 13.8 Å². The van der Waals surface area contributed by atoms with E-state index in [-0.39, 0.29) is 0 Å². The van der Waals surface area contributed by atoms with Crippen LogP contribution in [0.25, 0.3) is 0 Å². The van der Waals surface area contributed by atoms with Gasteiger partial charge in [0.25, 0.3) is 0 Å². The van der Waals surface area contributed by atoms with Crippen molar-refractivity contribution in [2.24, 2.45) is 0 Å². The van der Waals surface area contributed by atoms with Gasteiger partial charge in [0.15, 0.2) is 0 Å². The third-order valence-electron chi connectivity index (χ3n) is 2.59.